The average molecular weight is 267 g/mol. The maximum absolute atomic E-state index is 9.00. The first-order chi connectivity index (χ1) is 9.74. The van der Waals surface area contributed by atoms with Crippen molar-refractivity contribution in [3.05, 3.63) is 48.7 Å². The van der Waals surface area contributed by atoms with Crippen LogP contribution in [0.1, 0.15) is 0 Å². The summed E-state index contributed by atoms with van der Waals surface area (Å²) < 4.78 is 5.55. The first-order valence-corrected chi connectivity index (χ1v) is 5.95. The molecule has 3 rings (SSSR count). The smallest absolute Gasteiger partial charge is 0.423 e. The summed E-state index contributed by atoms with van der Waals surface area (Å²) in [5, 5.41) is 25.9. The Bertz CT molecular complexity index is 698. The molecule has 7 heteroatoms. The Hall–Kier alpha value is -2.51. The van der Waals surface area contributed by atoms with Crippen molar-refractivity contribution in [2.24, 2.45) is 0 Å². The largest absolute Gasteiger partial charge is 0.490 e. The predicted octanol–water partition coefficient (Wildman–Crippen LogP) is 0.478. The Labute approximate surface area is 114 Å². The standard InChI is InChI=1S/C13H10BN3O3/c18-14(19)10-6-7-11(15-8-10)13-17-16-12(20-13)9-4-2-1-3-5-9/h1-8,18-19H. The van der Waals surface area contributed by atoms with E-state index in [1.807, 2.05) is 30.3 Å². The number of rotatable bonds is 3. The molecule has 3 aromatic rings. The summed E-state index contributed by atoms with van der Waals surface area (Å²) in [4.78, 5) is 4.06. The summed E-state index contributed by atoms with van der Waals surface area (Å²) in [6, 6.07) is 12.5. The number of pyridine rings is 1. The third kappa shape index (κ3) is 2.44. The molecule has 0 aliphatic rings. The highest BCUT2D eigenvalue weighted by Gasteiger charge is 2.14. The van der Waals surface area contributed by atoms with Crippen molar-refractivity contribution < 1.29 is 14.5 Å². The number of hydrogen-bond acceptors (Lipinski definition) is 6. The summed E-state index contributed by atoms with van der Waals surface area (Å²) >= 11 is 0. The van der Waals surface area contributed by atoms with Crippen molar-refractivity contribution in [2.75, 3.05) is 0 Å². The fourth-order valence-electron chi connectivity index (χ4n) is 1.71. The molecule has 2 aromatic heterocycles. The molecule has 98 valence electrons. The lowest BCUT2D eigenvalue weighted by molar-refractivity contribution is 0.425. The van der Waals surface area contributed by atoms with Gasteiger partial charge in [0, 0.05) is 17.2 Å². The van der Waals surface area contributed by atoms with Crippen LogP contribution in [0.2, 0.25) is 0 Å². The molecule has 2 heterocycles. The van der Waals surface area contributed by atoms with Gasteiger partial charge in [-0.05, 0) is 18.2 Å². The van der Waals surface area contributed by atoms with Crippen molar-refractivity contribution in [1.82, 2.24) is 15.2 Å². The van der Waals surface area contributed by atoms with Crippen LogP contribution < -0.4 is 5.46 Å². The first-order valence-electron chi connectivity index (χ1n) is 5.95. The van der Waals surface area contributed by atoms with E-state index >= 15 is 0 Å². The van der Waals surface area contributed by atoms with Crippen LogP contribution in [0.25, 0.3) is 23.0 Å². The van der Waals surface area contributed by atoms with Gasteiger partial charge < -0.3 is 14.5 Å². The Morgan fingerprint density at radius 1 is 0.900 bits per heavy atom. The number of benzene rings is 1. The first kappa shape index (κ1) is 12.5. The Kier molecular flexibility index (Phi) is 3.28. The Morgan fingerprint density at radius 2 is 1.65 bits per heavy atom. The molecule has 0 atom stereocenters. The van der Waals surface area contributed by atoms with E-state index < -0.39 is 7.12 Å². The minimum absolute atomic E-state index is 0.280. The number of hydrogen-bond donors (Lipinski definition) is 2. The van der Waals surface area contributed by atoms with Crippen LogP contribution in [0.15, 0.2) is 53.1 Å². The van der Waals surface area contributed by atoms with E-state index in [0.29, 0.717) is 17.0 Å². The zero-order chi connectivity index (χ0) is 13.9. The van der Waals surface area contributed by atoms with Crippen LogP contribution in [-0.2, 0) is 0 Å². The SMILES string of the molecule is OB(O)c1ccc(-c2nnc(-c3ccccc3)o2)nc1. The zero-order valence-electron chi connectivity index (χ0n) is 10.3. The topological polar surface area (TPSA) is 92.3 Å². The van der Waals surface area contributed by atoms with Gasteiger partial charge in [-0.3, -0.25) is 4.98 Å². The summed E-state index contributed by atoms with van der Waals surface area (Å²) in [6.45, 7) is 0. The van der Waals surface area contributed by atoms with Gasteiger partial charge in [0.15, 0.2) is 0 Å². The zero-order valence-corrected chi connectivity index (χ0v) is 10.3. The lowest BCUT2D eigenvalue weighted by Gasteiger charge is -1.98. The highest BCUT2D eigenvalue weighted by atomic mass is 16.4. The maximum Gasteiger partial charge on any atom is 0.490 e. The molecular weight excluding hydrogens is 257 g/mol. The average Bonchev–Trinajstić information content (AvgIpc) is 2.98. The molecule has 0 saturated heterocycles. The molecule has 0 radical (unpaired) electrons. The Balaban J connectivity index is 1.90. The van der Waals surface area contributed by atoms with Gasteiger partial charge in [-0.2, -0.15) is 0 Å². The summed E-state index contributed by atoms with van der Waals surface area (Å²) in [5.41, 5.74) is 1.61. The van der Waals surface area contributed by atoms with Crippen LogP contribution in [0.3, 0.4) is 0 Å². The van der Waals surface area contributed by atoms with E-state index in [9.17, 15) is 0 Å². The lowest BCUT2D eigenvalue weighted by Crippen LogP contribution is -2.29. The van der Waals surface area contributed by atoms with Crippen molar-refractivity contribution >= 4 is 12.6 Å². The minimum atomic E-state index is -1.54. The molecule has 0 aliphatic heterocycles. The fourth-order valence-corrected chi connectivity index (χ4v) is 1.71. The van der Waals surface area contributed by atoms with Gasteiger partial charge in [0.05, 0.1) is 0 Å². The van der Waals surface area contributed by atoms with Gasteiger partial charge in [0.1, 0.15) is 5.69 Å². The van der Waals surface area contributed by atoms with E-state index in [2.05, 4.69) is 15.2 Å². The third-order valence-corrected chi connectivity index (χ3v) is 2.75. The molecule has 0 saturated carbocycles. The van der Waals surface area contributed by atoms with Crippen molar-refractivity contribution in [2.45, 2.75) is 0 Å². The van der Waals surface area contributed by atoms with E-state index in [1.54, 1.807) is 12.1 Å². The van der Waals surface area contributed by atoms with E-state index in [-0.39, 0.29) is 5.89 Å². The molecule has 0 unspecified atom stereocenters. The highest BCUT2D eigenvalue weighted by molar-refractivity contribution is 6.58. The van der Waals surface area contributed by atoms with Gasteiger partial charge in [-0.15, -0.1) is 10.2 Å². The normalized spacial score (nSPS) is 10.5. The van der Waals surface area contributed by atoms with Gasteiger partial charge in [0.2, 0.25) is 5.89 Å². The summed E-state index contributed by atoms with van der Waals surface area (Å²) in [6.07, 6.45) is 1.35. The molecule has 0 aliphatic carbocycles. The maximum atomic E-state index is 9.00. The second kappa shape index (κ2) is 5.24. The quantitative estimate of drug-likeness (QED) is 0.670. The predicted molar refractivity (Wildman–Crippen MR) is 72.8 cm³/mol. The van der Waals surface area contributed by atoms with Gasteiger partial charge >= 0.3 is 7.12 Å². The lowest BCUT2D eigenvalue weighted by atomic mass is 9.82. The van der Waals surface area contributed by atoms with Crippen molar-refractivity contribution in [1.29, 1.82) is 0 Å². The number of nitrogens with zero attached hydrogens (tertiary/aromatic N) is 3. The minimum Gasteiger partial charge on any atom is -0.423 e. The molecule has 20 heavy (non-hydrogen) atoms. The number of aromatic nitrogens is 3. The van der Waals surface area contributed by atoms with Gasteiger partial charge in [-0.25, -0.2) is 0 Å². The fraction of sp³-hybridized carbons (Fsp3) is 0. The molecule has 0 spiro atoms. The van der Waals surface area contributed by atoms with Gasteiger partial charge in [0.25, 0.3) is 5.89 Å². The summed E-state index contributed by atoms with van der Waals surface area (Å²) in [7, 11) is -1.54. The van der Waals surface area contributed by atoms with E-state index in [4.69, 9.17) is 14.5 Å². The monoisotopic (exact) mass is 267 g/mol. The third-order valence-electron chi connectivity index (χ3n) is 2.75. The molecule has 1 aromatic carbocycles. The second-order valence-corrected chi connectivity index (χ2v) is 4.13. The van der Waals surface area contributed by atoms with E-state index in [1.165, 1.54) is 6.20 Å². The molecule has 2 N–H and O–H groups in total. The molecule has 0 fully saturated rings. The summed E-state index contributed by atoms with van der Waals surface area (Å²) in [5.74, 6) is 0.691. The van der Waals surface area contributed by atoms with Crippen LogP contribution >= 0.6 is 0 Å². The van der Waals surface area contributed by atoms with Crippen molar-refractivity contribution in [3.63, 3.8) is 0 Å². The van der Waals surface area contributed by atoms with Crippen LogP contribution in [0.5, 0.6) is 0 Å². The molecule has 6 nitrogen and oxygen atoms in total. The highest BCUT2D eigenvalue weighted by Crippen LogP contribution is 2.21. The van der Waals surface area contributed by atoms with Crippen LogP contribution in [-0.4, -0.2) is 32.3 Å². The Morgan fingerprint density at radius 3 is 2.30 bits per heavy atom. The second-order valence-electron chi connectivity index (χ2n) is 4.13. The molecule has 0 amide bonds. The van der Waals surface area contributed by atoms with Crippen molar-refractivity contribution in [3.8, 4) is 23.0 Å². The molecular formula is C13H10BN3O3. The molecule has 0 bridgehead atoms. The van der Waals surface area contributed by atoms with E-state index in [0.717, 1.165) is 5.56 Å². The van der Waals surface area contributed by atoms with Gasteiger partial charge in [-0.1, -0.05) is 24.3 Å². The van der Waals surface area contributed by atoms with Crippen LogP contribution in [0.4, 0.5) is 0 Å². The van der Waals surface area contributed by atoms with Crippen LogP contribution in [0, 0.1) is 0 Å².